The van der Waals surface area contributed by atoms with Gasteiger partial charge in [-0.05, 0) is 36.7 Å². The minimum Gasteiger partial charge on any atom is -0.469 e. The van der Waals surface area contributed by atoms with E-state index in [2.05, 4.69) is 25.8 Å². The molecule has 84 valence electrons. The van der Waals surface area contributed by atoms with E-state index in [1.165, 1.54) is 7.11 Å². The van der Waals surface area contributed by atoms with E-state index >= 15 is 0 Å². The Hall–Kier alpha value is -0.840. The molecule has 0 saturated heterocycles. The van der Waals surface area contributed by atoms with E-state index in [1.807, 2.05) is 25.5 Å². The fraction of sp³-hybridized carbons (Fsp3) is 0.600. The molecule has 0 aliphatic carbocycles. The van der Waals surface area contributed by atoms with Gasteiger partial charge in [0.05, 0.1) is 35.4 Å². The van der Waals surface area contributed by atoms with Crippen LogP contribution in [0.25, 0.3) is 0 Å². The van der Waals surface area contributed by atoms with Gasteiger partial charge in [0.15, 0.2) is 0 Å². The molecule has 5 heteroatoms. The summed E-state index contributed by atoms with van der Waals surface area (Å²) in [7, 11) is 1.40. The number of aryl methyl sites for hydroxylation is 1. The number of hydrogen-bond acceptors (Lipinski definition) is 3. The van der Waals surface area contributed by atoms with Crippen molar-refractivity contribution in [2.24, 2.45) is 0 Å². The van der Waals surface area contributed by atoms with E-state index in [4.69, 9.17) is 0 Å². The number of nitrogens with zero attached hydrogens (tertiary/aromatic N) is 2. The van der Waals surface area contributed by atoms with Crippen molar-refractivity contribution < 1.29 is 9.53 Å². The summed E-state index contributed by atoms with van der Waals surface area (Å²) in [6, 6.07) is 0.0162. The highest BCUT2D eigenvalue weighted by molar-refractivity contribution is 9.10. The molecule has 1 rings (SSSR count). The number of carbonyl (C=O) groups is 1. The Morgan fingerprint density at radius 2 is 2.20 bits per heavy atom. The van der Waals surface area contributed by atoms with Gasteiger partial charge in [-0.15, -0.1) is 0 Å². The van der Waals surface area contributed by atoms with Crippen molar-refractivity contribution in [3.8, 4) is 0 Å². The summed E-state index contributed by atoms with van der Waals surface area (Å²) < 4.78 is 7.47. The van der Waals surface area contributed by atoms with Gasteiger partial charge in [0.1, 0.15) is 0 Å². The summed E-state index contributed by atoms with van der Waals surface area (Å²) in [5.41, 5.74) is 1.97. The lowest BCUT2D eigenvalue weighted by Crippen LogP contribution is -2.14. The first-order valence-corrected chi connectivity index (χ1v) is 5.54. The van der Waals surface area contributed by atoms with Crippen LogP contribution in [0, 0.1) is 13.8 Å². The molecule has 1 heterocycles. The molecule has 0 fully saturated rings. The second kappa shape index (κ2) is 4.79. The Labute approximate surface area is 97.7 Å². The van der Waals surface area contributed by atoms with Gasteiger partial charge in [-0.3, -0.25) is 9.48 Å². The van der Waals surface area contributed by atoms with Crippen LogP contribution in [0.15, 0.2) is 4.47 Å². The van der Waals surface area contributed by atoms with Crippen LogP contribution in [-0.4, -0.2) is 22.9 Å². The molecule has 0 aliphatic heterocycles. The SMILES string of the molecule is COC(=O)CC(C)n1nc(C)c(Br)c1C. The molecule has 0 radical (unpaired) electrons. The molecular formula is C10H15BrN2O2. The minimum absolute atomic E-state index is 0.0162. The molecule has 0 bridgehead atoms. The van der Waals surface area contributed by atoms with Crippen molar-refractivity contribution >= 4 is 21.9 Å². The van der Waals surface area contributed by atoms with Crippen molar-refractivity contribution in [2.45, 2.75) is 33.2 Å². The van der Waals surface area contributed by atoms with Crippen molar-refractivity contribution in [3.63, 3.8) is 0 Å². The molecule has 0 amide bonds. The fourth-order valence-corrected chi connectivity index (χ4v) is 1.74. The lowest BCUT2D eigenvalue weighted by molar-refractivity contribution is -0.141. The van der Waals surface area contributed by atoms with Crippen LogP contribution in [0.2, 0.25) is 0 Å². The standard InChI is InChI=1S/C10H15BrN2O2/c1-6(5-9(14)15-4)13-8(3)10(11)7(2)12-13/h6H,5H2,1-4H3. The number of halogens is 1. The van der Waals surface area contributed by atoms with Crippen molar-refractivity contribution in [2.75, 3.05) is 7.11 Å². The minimum atomic E-state index is -0.217. The molecule has 1 unspecified atom stereocenters. The van der Waals surface area contributed by atoms with Gasteiger partial charge in [0.2, 0.25) is 0 Å². The van der Waals surface area contributed by atoms with Gasteiger partial charge < -0.3 is 4.74 Å². The van der Waals surface area contributed by atoms with Crippen LogP contribution in [0.5, 0.6) is 0 Å². The molecule has 1 atom stereocenters. The predicted octanol–water partition coefficient (Wildman–Crippen LogP) is 2.39. The Kier molecular flexibility index (Phi) is 3.90. The summed E-state index contributed by atoms with van der Waals surface area (Å²) >= 11 is 3.45. The molecule has 0 aromatic carbocycles. The number of ether oxygens (including phenoxy) is 1. The number of carbonyl (C=O) groups excluding carboxylic acids is 1. The first-order valence-electron chi connectivity index (χ1n) is 4.75. The monoisotopic (exact) mass is 274 g/mol. The third-order valence-corrected chi connectivity index (χ3v) is 3.49. The number of hydrogen-bond donors (Lipinski definition) is 0. The van der Waals surface area contributed by atoms with E-state index < -0.39 is 0 Å². The van der Waals surface area contributed by atoms with Gasteiger partial charge >= 0.3 is 5.97 Å². The van der Waals surface area contributed by atoms with E-state index in [9.17, 15) is 4.79 Å². The molecular weight excluding hydrogens is 260 g/mol. The zero-order chi connectivity index (χ0) is 11.6. The molecule has 15 heavy (non-hydrogen) atoms. The fourth-order valence-electron chi connectivity index (χ4n) is 1.48. The van der Waals surface area contributed by atoms with Crippen LogP contribution < -0.4 is 0 Å². The highest BCUT2D eigenvalue weighted by atomic mass is 79.9. The third kappa shape index (κ3) is 2.59. The summed E-state index contributed by atoms with van der Waals surface area (Å²) in [4.78, 5) is 11.1. The molecule has 0 saturated carbocycles. The van der Waals surface area contributed by atoms with E-state index in [0.717, 1.165) is 15.9 Å². The lowest BCUT2D eigenvalue weighted by atomic mass is 10.2. The highest BCUT2D eigenvalue weighted by Crippen LogP contribution is 2.23. The average molecular weight is 275 g/mol. The second-order valence-electron chi connectivity index (χ2n) is 3.56. The van der Waals surface area contributed by atoms with Gasteiger partial charge in [-0.1, -0.05) is 0 Å². The molecule has 1 aromatic rings. The molecule has 1 aromatic heterocycles. The van der Waals surface area contributed by atoms with Crippen LogP contribution in [0.4, 0.5) is 0 Å². The zero-order valence-corrected chi connectivity index (χ0v) is 11.0. The van der Waals surface area contributed by atoms with Gasteiger partial charge in [-0.2, -0.15) is 5.10 Å². The smallest absolute Gasteiger partial charge is 0.307 e. The predicted molar refractivity (Wildman–Crippen MR) is 60.7 cm³/mol. The van der Waals surface area contributed by atoms with E-state index in [1.54, 1.807) is 0 Å². The van der Waals surface area contributed by atoms with Crippen LogP contribution >= 0.6 is 15.9 Å². The maximum Gasteiger partial charge on any atom is 0.307 e. The van der Waals surface area contributed by atoms with Gasteiger partial charge in [0.25, 0.3) is 0 Å². The third-order valence-electron chi connectivity index (χ3n) is 2.34. The average Bonchev–Trinajstić information content (AvgIpc) is 2.45. The molecule has 4 nitrogen and oxygen atoms in total. The molecule has 0 spiro atoms. The first-order chi connectivity index (χ1) is 6.97. The molecule has 0 N–H and O–H groups in total. The Balaban J connectivity index is 2.87. The van der Waals surface area contributed by atoms with Gasteiger partial charge in [0, 0.05) is 0 Å². The van der Waals surface area contributed by atoms with Crippen LogP contribution in [-0.2, 0) is 9.53 Å². The summed E-state index contributed by atoms with van der Waals surface area (Å²) in [6.45, 7) is 5.85. The van der Waals surface area contributed by atoms with Gasteiger partial charge in [-0.25, -0.2) is 0 Å². The molecule has 0 aliphatic rings. The quantitative estimate of drug-likeness (QED) is 0.795. The Bertz CT molecular complexity index is 374. The number of esters is 1. The Morgan fingerprint density at radius 3 is 2.60 bits per heavy atom. The second-order valence-corrected chi connectivity index (χ2v) is 4.35. The first kappa shape index (κ1) is 12.2. The van der Waals surface area contributed by atoms with Crippen molar-refractivity contribution in [1.82, 2.24) is 9.78 Å². The summed E-state index contributed by atoms with van der Waals surface area (Å²) in [5, 5.41) is 4.36. The van der Waals surface area contributed by atoms with Crippen LogP contribution in [0.1, 0.15) is 30.8 Å². The topological polar surface area (TPSA) is 44.1 Å². The van der Waals surface area contributed by atoms with Crippen molar-refractivity contribution in [1.29, 1.82) is 0 Å². The highest BCUT2D eigenvalue weighted by Gasteiger charge is 2.16. The Morgan fingerprint density at radius 1 is 1.60 bits per heavy atom. The lowest BCUT2D eigenvalue weighted by Gasteiger charge is -2.12. The normalized spacial score (nSPS) is 12.6. The summed E-state index contributed by atoms with van der Waals surface area (Å²) in [5.74, 6) is -0.217. The van der Waals surface area contributed by atoms with Crippen LogP contribution in [0.3, 0.4) is 0 Å². The van der Waals surface area contributed by atoms with E-state index in [-0.39, 0.29) is 12.0 Å². The zero-order valence-electron chi connectivity index (χ0n) is 9.37. The number of methoxy groups -OCH3 is 1. The maximum atomic E-state index is 11.1. The summed E-state index contributed by atoms with van der Waals surface area (Å²) in [6.07, 6.45) is 0.338. The maximum absolute atomic E-state index is 11.1. The van der Waals surface area contributed by atoms with Crippen molar-refractivity contribution in [3.05, 3.63) is 15.9 Å². The largest absolute Gasteiger partial charge is 0.469 e. The number of rotatable bonds is 3. The van der Waals surface area contributed by atoms with E-state index in [0.29, 0.717) is 6.42 Å². The number of aromatic nitrogens is 2.